The number of aromatic nitrogens is 2. The Bertz CT molecular complexity index is 1240. The fourth-order valence-corrected chi connectivity index (χ4v) is 3.79. The second-order valence-electron chi connectivity index (χ2n) is 6.72. The number of para-hydroxylation sites is 1. The molecular formula is C24H20N4S2. The van der Waals surface area contributed by atoms with Gasteiger partial charge >= 0.3 is 0 Å². The van der Waals surface area contributed by atoms with Crippen molar-refractivity contribution >= 4 is 35.1 Å². The topological polar surface area (TPSA) is 45.1 Å². The number of hydrogen-bond donors (Lipinski definition) is 2. The van der Waals surface area contributed by atoms with E-state index in [1.54, 1.807) is 0 Å². The maximum absolute atomic E-state index is 5.83. The molecule has 0 fully saturated rings. The van der Waals surface area contributed by atoms with Crippen molar-refractivity contribution in [3.05, 3.63) is 118 Å². The van der Waals surface area contributed by atoms with Crippen molar-refractivity contribution in [2.45, 2.75) is 6.92 Å². The van der Waals surface area contributed by atoms with Crippen LogP contribution in [-0.2, 0) is 0 Å². The van der Waals surface area contributed by atoms with Gasteiger partial charge in [0.25, 0.3) is 0 Å². The molecule has 0 unspecified atom stereocenters. The Morgan fingerprint density at radius 2 is 1.37 bits per heavy atom. The molecule has 0 saturated carbocycles. The van der Waals surface area contributed by atoms with Crippen molar-refractivity contribution in [3.8, 4) is 5.69 Å². The van der Waals surface area contributed by atoms with Gasteiger partial charge in [0.05, 0.1) is 11.3 Å². The third-order valence-corrected chi connectivity index (χ3v) is 5.39. The van der Waals surface area contributed by atoms with E-state index >= 15 is 0 Å². The highest BCUT2D eigenvalue weighted by Crippen LogP contribution is 2.19. The standard InChI is InChI=1S/C24H20N4S2/c1-17-21(24(30)28(27-17)20-15-9-4-10-16-20)22(18-11-5-2-6-12-18)25-26-23(29)19-13-7-3-8-14-19/h2-16,27H,1H3,(H,26,29). The van der Waals surface area contributed by atoms with E-state index in [0.29, 0.717) is 9.63 Å². The molecule has 2 N–H and O–H groups in total. The molecule has 0 amide bonds. The molecule has 0 aliphatic carbocycles. The van der Waals surface area contributed by atoms with E-state index < -0.39 is 0 Å². The quantitative estimate of drug-likeness (QED) is 0.248. The predicted molar refractivity (Wildman–Crippen MR) is 129 cm³/mol. The monoisotopic (exact) mass is 428 g/mol. The average Bonchev–Trinajstić information content (AvgIpc) is 3.10. The van der Waals surface area contributed by atoms with Crippen LogP contribution < -0.4 is 5.43 Å². The zero-order valence-electron chi connectivity index (χ0n) is 16.4. The number of aromatic amines is 1. The van der Waals surface area contributed by atoms with Gasteiger partial charge in [0, 0.05) is 16.8 Å². The molecule has 4 nitrogen and oxygen atoms in total. The van der Waals surface area contributed by atoms with Crippen LogP contribution in [0.2, 0.25) is 0 Å². The second-order valence-corrected chi connectivity index (χ2v) is 7.52. The van der Waals surface area contributed by atoms with Gasteiger partial charge in [-0.2, -0.15) is 5.10 Å². The van der Waals surface area contributed by atoms with Gasteiger partial charge in [-0.1, -0.05) is 103 Å². The van der Waals surface area contributed by atoms with Gasteiger partial charge in [0.2, 0.25) is 0 Å². The van der Waals surface area contributed by atoms with E-state index in [-0.39, 0.29) is 0 Å². The summed E-state index contributed by atoms with van der Waals surface area (Å²) < 4.78 is 2.56. The van der Waals surface area contributed by atoms with Crippen molar-refractivity contribution in [1.82, 2.24) is 15.2 Å². The largest absolute Gasteiger partial charge is 0.297 e. The molecule has 0 atom stereocenters. The first kappa shape index (κ1) is 19.9. The lowest BCUT2D eigenvalue weighted by Crippen LogP contribution is -2.20. The Hall–Kier alpha value is -3.35. The van der Waals surface area contributed by atoms with Gasteiger partial charge in [0.15, 0.2) is 0 Å². The Balaban J connectivity index is 1.79. The predicted octanol–water partition coefficient (Wildman–Crippen LogP) is 5.56. The lowest BCUT2D eigenvalue weighted by Gasteiger charge is -2.09. The van der Waals surface area contributed by atoms with Crippen molar-refractivity contribution in [3.63, 3.8) is 0 Å². The molecule has 4 aromatic rings. The molecule has 0 saturated heterocycles. The number of nitrogens with one attached hydrogen (secondary N) is 2. The molecule has 6 heteroatoms. The Labute approximate surface area is 185 Å². The van der Waals surface area contributed by atoms with E-state index in [0.717, 1.165) is 33.8 Å². The van der Waals surface area contributed by atoms with Crippen LogP contribution in [0.15, 0.2) is 96.1 Å². The lowest BCUT2D eigenvalue weighted by molar-refractivity contribution is 0.853. The molecule has 0 aliphatic heterocycles. The SMILES string of the molecule is Cc1[nH]n(-c2ccccc2)c(=S)c1C(=NNC(=S)c1ccccc1)c1ccccc1. The van der Waals surface area contributed by atoms with Gasteiger partial charge in [-0.05, 0) is 19.1 Å². The van der Waals surface area contributed by atoms with E-state index in [9.17, 15) is 0 Å². The van der Waals surface area contributed by atoms with Crippen LogP contribution >= 0.6 is 24.4 Å². The normalized spacial score (nSPS) is 11.3. The van der Waals surface area contributed by atoms with Crippen molar-refractivity contribution in [2.24, 2.45) is 5.10 Å². The molecule has 0 spiro atoms. The molecular weight excluding hydrogens is 408 g/mol. The fourth-order valence-electron chi connectivity index (χ4n) is 3.21. The van der Waals surface area contributed by atoms with Gasteiger partial charge in [-0.25, -0.2) is 4.68 Å². The van der Waals surface area contributed by atoms with Crippen LogP contribution in [0.25, 0.3) is 5.69 Å². The summed E-state index contributed by atoms with van der Waals surface area (Å²) in [7, 11) is 0. The van der Waals surface area contributed by atoms with Crippen LogP contribution in [0, 0.1) is 11.6 Å². The Kier molecular flexibility index (Phi) is 5.97. The number of nitrogens with zero attached hydrogens (tertiary/aromatic N) is 2. The smallest absolute Gasteiger partial charge is 0.137 e. The third kappa shape index (κ3) is 4.15. The molecule has 1 aromatic heterocycles. The molecule has 1 heterocycles. The summed E-state index contributed by atoms with van der Waals surface area (Å²) in [5.41, 5.74) is 8.41. The molecule has 0 aliphatic rings. The number of hydrogen-bond acceptors (Lipinski definition) is 3. The van der Waals surface area contributed by atoms with Crippen molar-refractivity contribution in [1.29, 1.82) is 0 Å². The summed E-state index contributed by atoms with van der Waals surface area (Å²) >= 11 is 11.4. The summed E-state index contributed by atoms with van der Waals surface area (Å²) in [4.78, 5) is 0.555. The fraction of sp³-hybridized carbons (Fsp3) is 0.0417. The van der Waals surface area contributed by atoms with Crippen LogP contribution in [0.5, 0.6) is 0 Å². The number of rotatable bonds is 5. The summed E-state index contributed by atoms with van der Waals surface area (Å²) in [5, 5.41) is 8.06. The van der Waals surface area contributed by atoms with Crippen LogP contribution in [0.1, 0.15) is 22.4 Å². The lowest BCUT2D eigenvalue weighted by atomic mass is 10.0. The van der Waals surface area contributed by atoms with Crippen LogP contribution in [-0.4, -0.2) is 20.5 Å². The Morgan fingerprint density at radius 3 is 1.97 bits per heavy atom. The highest BCUT2D eigenvalue weighted by atomic mass is 32.1. The highest BCUT2D eigenvalue weighted by Gasteiger charge is 2.17. The first-order valence-electron chi connectivity index (χ1n) is 9.51. The average molecular weight is 429 g/mol. The molecule has 3 aromatic carbocycles. The molecule has 0 bridgehead atoms. The van der Waals surface area contributed by atoms with Crippen LogP contribution in [0.4, 0.5) is 0 Å². The van der Waals surface area contributed by atoms with E-state index in [2.05, 4.69) is 10.5 Å². The molecule has 148 valence electrons. The molecule has 4 rings (SSSR count). The zero-order valence-corrected chi connectivity index (χ0v) is 18.0. The van der Waals surface area contributed by atoms with Gasteiger partial charge < -0.3 is 0 Å². The number of aryl methyl sites for hydroxylation is 1. The number of H-pyrrole nitrogens is 1. The molecule has 0 radical (unpaired) electrons. The minimum Gasteiger partial charge on any atom is -0.297 e. The van der Waals surface area contributed by atoms with E-state index in [1.165, 1.54) is 0 Å². The summed E-state index contributed by atoms with van der Waals surface area (Å²) in [5.74, 6) is 0. The summed E-state index contributed by atoms with van der Waals surface area (Å²) in [6.07, 6.45) is 0. The first-order chi connectivity index (χ1) is 14.6. The van der Waals surface area contributed by atoms with Crippen molar-refractivity contribution < 1.29 is 0 Å². The van der Waals surface area contributed by atoms with E-state index in [4.69, 9.17) is 29.5 Å². The number of hydrazone groups is 1. The maximum atomic E-state index is 5.83. The summed E-state index contributed by atoms with van der Waals surface area (Å²) in [6.45, 7) is 2.00. The number of thiocarbonyl (C=S) groups is 1. The number of benzene rings is 3. The maximum Gasteiger partial charge on any atom is 0.137 e. The van der Waals surface area contributed by atoms with Crippen molar-refractivity contribution in [2.75, 3.05) is 0 Å². The zero-order chi connectivity index (χ0) is 20.9. The minimum absolute atomic E-state index is 0.555. The summed E-state index contributed by atoms with van der Waals surface area (Å²) in [6, 6.07) is 29.7. The van der Waals surface area contributed by atoms with Gasteiger partial charge in [0.1, 0.15) is 15.3 Å². The Morgan fingerprint density at radius 1 is 0.833 bits per heavy atom. The van der Waals surface area contributed by atoms with Crippen LogP contribution in [0.3, 0.4) is 0 Å². The third-order valence-electron chi connectivity index (χ3n) is 4.68. The minimum atomic E-state index is 0.555. The molecule has 30 heavy (non-hydrogen) atoms. The van der Waals surface area contributed by atoms with Gasteiger partial charge in [-0.3, -0.25) is 10.5 Å². The first-order valence-corrected chi connectivity index (χ1v) is 10.3. The second kappa shape index (κ2) is 8.98. The van der Waals surface area contributed by atoms with E-state index in [1.807, 2.05) is 103 Å². The highest BCUT2D eigenvalue weighted by molar-refractivity contribution is 7.80. The van der Waals surface area contributed by atoms with Gasteiger partial charge in [-0.15, -0.1) is 0 Å².